The highest BCUT2D eigenvalue weighted by Gasteiger charge is 2.37. The molecular formula is C20H18FN3O3S. The number of hydrogen-bond acceptors (Lipinski definition) is 4. The van der Waals surface area contributed by atoms with Gasteiger partial charge in [-0.1, -0.05) is 25.6 Å². The number of halogens is 1. The molecule has 4 rings (SSSR count). The van der Waals surface area contributed by atoms with Gasteiger partial charge < -0.3 is 15.1 Å². The van der Waals surface area contributed by atoms with Gasteiger partial charge >= 0.3 is 5.97 Å². The largest absolute Gasteiger partial charge is 0.480 e. The van der Waals surface area contributed by atoms with Gasteiger partial charge in [-0.05, 0) is 37.1 Å². The van der Waals surface area contributed by atoms with Gasteiger partial charge in [-0.2, -0.15) is 0 Å². The molecule has 0 aliphatic rings. The number of fused-ring (bicyclic) bond motifs is 6. The van der Waals surface area contributed by atoms with Crippen molar-refractivity contribution in [3.05, 3.63) is 46.6 Å². The maximum Gasteiger partial charge on any atom is 0.320 e. The van der Waals surface area contributed by atoms with Crippen LogP contribution in [0.2, 0.25) is 0 Å². The molecule has 0 unspecified atom stereocenters. The third kappa shape index (κ3) is 2.67. The van der Waals surface area contributed by atoms with Crippen molar-refractivity contribution in [2.75, 3.05) is 0 Å². The number of aromatic nitrogens is 3. The van der Waals surface area contributed by atoms with Crippen LogP contribution in [0.5, 0.6) is 0 Å². The second-order valence-corrected chi connectivity index (χ2v) is 8.03. The number of aromatic amines is 2. The third-order valence-electron chi connectivity index (χ3n) is 5.24. The Morgan fingerprint density at radius 3 is 2.64 bits per heavy atom. The molecule has 4 aromatic rings. The van der Waals surface area contributed by atoms with Crippen LogP contribution in [-0.2, 0) is 4.79 Å². The second kappa shape index (κ2) is 6.63. The first-order valence-electron chi connectivity index (χ1n) is 8.95. The molecule has 28 heavy (non-hydrogen) atoms. The van der Waals surface area contributed by atoms with Crippen molar-refractivity contribution >= 4 is 50.3 Å². The number of pyridine rings is 1. The monoisotopic (exact) mass is 399 g/mol. The Morgan fingerprint density at radius 2 is 1.96 bits per heavy atom. The van der Waals surface area contributed by atoms with Gasteiger partial charge in [-0.25, -0.2) is 9.37 Å². The van der Waals surface area contributed by atoms with Gasteiger partial charge in [0.2, 0.25) is 0 Å². The van der Waals surface area contributed by atoms with Gasteiger partial charge in [-0.15, -0.1) is 0 Å². The average molecular weight is 399 g/mol. The number of carboxylic acid groups (broad SMARTS) is 1. The maximum absolute atomic E-state index is 13.9. The van der Waals surface area contributed by atoms with Crippen LogP contribution in [0.3, 0.4) is 0 Å². The van der Waals surface area contributed by atoms with E-state index in [0.717, 1.165) is 0 Å². The Morgan fingerprint density at radius 1 is 1.21 bits per heavy atom. The molecule has 0 aliphatic heterocycles. The lowest BCUT2D eigenvalue weighted by Gasteiger charge is -2.24. The zero-order chi connectivity index (χ0) is 20.1. The summed E-state index contributed by atoms with van der Waals surface area (Å²) in [6.45, 7) is 3.67. The number of carboxylic acids is 1. The van der Waals surface area contributed by atoms with E-state index in [1.165, 1.54) is 30.1 Å². The summed E-state index contributed by atoms with van der Waals surface area (Å²) in [6.07, 6.45) is 2.40. The normalized spacial score (nSPS) is 12.2. The number of imidazole rings is 1. The number of carbonyl (C=O) groups is 1. The molecule has 2 aromatic carbocycles. The standard InChI is InChI=1S/C20H18FN3O3S/c1-3-20(4-2,18(26)27)28-19-23-15-11-6-5-10(21)9-13(11)14-12(16(15)24-19)7-8-22-17(14)25/h5-9H,3-4H2,1-2H3,(H,22,25)(H,23,24)(H,26,27). The average Bonchev–Trinajstić information content (AvgIpc) is 3.09. The molecule has 0 spiro atoms. The predicted octanol–water partition coefficient (Wildman–Crippen LogP) is 4.43. The third-order valence-corrected chi connectivity index (χ3v) is 6.77. The topological polar surface area (TPSA) is 98.8 Å². The van der Waals surface area contributed by atoms with Crippen molar-refractivity contribution in [3.63, 3.8) is 0 Å². The first kappa shape index (κ1) is 18.5. The van der Waals surface area contributed by atoms with Gasteiger partial charge in [0.15, 0.2) is 5.16 Å². The van der Waals surface area contributed by atoms with Crippen LogP contribution in [0.15, 0.2) is 40.4 Å². The number of benzene rings is 2. The van der Waals surface area contributed by atoms with Gasteiger partial charge in [-0.3, -0.25) is 9.59 Å². The Hall–Kier alpha value is -2.87. The Bertz CT molecular complexity index is 1290. The lowest BCUT2D eigenvalue weighted by molar-refractivity contribution is -0.140. The number of aliphatic carboxylic acids is 1. The zero-order valence-electron chi connectivity index (χ0n) is 15.3. The molecule has 0 saturated carbocycles. The molecule has 0 amide bonds. The summed E-state index contributed by atoms with van der Waals surface area (Å²) in [5.41, 5.74) is 0.894. The summed E-state index contributed by atoms with van der Waals surface area (Å²) in [4.78, 5) is 34.8. The van der Waals surface area contributed by atoms with E-state index in [1.807, 2.05) is 13.8 Å². The number of hydrogen-bond donors (Lipinski definition) is 3. The van der Waals surface area contributed by atoms with Crippen molar-refractivity contribution in [1.29, 1.82) is 0 Å². The van der Waals surface area contributed by atoms with Crippen molar-refractivity contribution in [2.24, 2.45) is 0 Å². The summed E-state index contributed by atoms with van der Waals surface area (Å²) in [5, 5.41) is 12.3. The molecule has 0 saturated heterocycles. The van der Waals surface area contributed by atoms with Gasteiger partial charge in [0.1, 0.15) is 10.6 Å². The van der Waals surface area contributed by atoms with Crippen molar-refractivity contribution in [3.8, 4) is 0 Å². The van der Waals surface area contributed by atoms with Gasteiger partial charge in [0.25, 0.3) is 5.56 Å². The lowest BCUT2D eigenvalue weighted by Crippen LogP contribution is -2.33. The van der Waals surface area contributed by atoms with Gasteiger partial charge in [0, 0.05) is 22.4 Å². The fourth-order valence-electron chi connectivity index (χ4n) is 3.60. The number of nitrogens with zero attached hydrogens (tertiary/aromatic N) is 1. The summed E-state index contributed by atoms with van der Waals surface area (Å²) in [7, 11) is 0. The molecule has 0 aliphatic carbocycles. The molecule has 0 fully saturated rings. The van der Waals surface area contributed by atoms with E-state index in [4.69, 9.17) is 0 Å². The fraction of sp³-hybridized carbons (Fsp3) is 0.250. The fourth-order valence-corrected chi connectivity index (χ4v) is 4.64. The van der Waals surface area contributed by atoms with E-state index in [-0.39, 0.29) is 5.56 Å². The summed E-state index contributed by atoms with van der Waals surface area (Å²) in [5.74, 6) is -1.33. The molecule has 2 aromatic heterocycles. The van der Waals surface area contributed by atoms with E-state index in [2.05, 4.69) is 15.0 Å². The molecule has 0 atom stereocenters. The predicted molar refractivity (Wildman–Crippen MR) is 108 cm³/mol. The number of rotatable bonds is 5. The number of nitrogens with one attached hydrogen (secondary N) is 2. The first-order valence-corrected chi connectivity index (χ1v) is 9.76. The summed E-state index contributed by atoms with van der Waals surface area (Å²) < 4.78 is 12.9. The van der Waals surface area contributed by atoms with E-state index in [0.29, 0.717) is 50.6 Å². The quantitative estimate of drug-likeness (QED) is 0.341. The van der Waals surface area contributed by atoms with E-state index in [1.54, 1.807) is 12.1 Å². The molecule has 0 radical (unpaired) electrons. The van der Waals surface area contributed by atoms with Crippen LogP contribution in [-0.4, -0.2) is 30.8 Å². The van der Waals surface area contributed by atoms with Crippen LogP contribution in [0.25, 0.3) is 32.6 Å². The lowest BCUT2D eigenvalue weighted by atomic mass is 10.0. The minimum Gasteiger partial charge on any atom is -0.480 e. The van der Waals surface area contributed by atoms with E-state index < -0.39 is 16.5 Å². The molecule has 6 nitrogen and oxygen atoms in total. The van der Waals surface area contributed by atoms with E-state index >= 15 is 0 Å². The first-order chi connectivity index (χ1) is 13.4. The second-order valence-electron chi connectivity index (χ2n) is 6.66. The minimum atomic E-state index is -0.997. The Labute approximate surface area is 163 Å². The molecule has 0 bridgehead atoms. The van der Waals surface area contributed by atoms with Crippen molar-refractivity contribution in [2.45, 2.75) is 36.6 Å². The minimum absolute atomic E-state index is 0.325. The highest BCUT2D eigenvalue weighted by Crippen LogP contribution is 2.40. The Balaban J connectivity index is 2.06. The molecule has 3 N–H and O–H groups in total. The van der Waals surface area contributed by atoms with Gasteiger partial charge in [0.05, 0.1) is 16.4 Å². The summed E-state index contributed by atoms with van der Waals surface area (Å²) >= 11 is 1.17. The van der Waals surface area contributed by atoms with Crippen LogP contribution in [0, 0.1) is 5.82 Å². The highest BCUT2D eigenvalue weighted by atomic mass is 32.2. The SMILES string of the molecule is CCC(CC)(Sc1nc2c3cc[nH]c(=O)c3c3cc(F)ccc3c2[nH]1)C(=O)O. The molecular weight excluding hydrogens is 381 g/mol. The van der Waals surface area contributed by atoms with Crippen LogP contribution in [0.1, 0.15) is 26.7 Å². The van der Waals surface area contributed by atoms with Crippen LogP contribution >= 0.6 is 11.8 Å². The molecule has 8 heteroatoms. The number of H-pyrrole nitrogens is 2. The maximum atomic E-state index is 13.9. The summed E-state index contributed by atoms with van der Waals surface area (Å²) in [6, 6.07) is 6.00. The zero-order valence-corrected chi connectivity index (χ0v) is 16.1. The van der Waals surface area contributed by atoms with Crippen LogP contribution < -0.4 is 5.56 Å². The highest BCUT2D eigenvalue weighted by molar-refractivity contribution is 8.01. The smallest absolute Gasteiger partial charge is 0.320 e. The molecule has 2 heterocycles. The van der Waals surface area contributed by atoms with Crippen molar-refractivity contribution < 1.29 is 14.3 Å². The Kier molecular flexibility index (Phi) is 4.38. The van der Waals surface area contributed by atoms with E-state index in [9.17, 15) is 19.1 Å². The van der Waals surface area contributed by atoms with Crippen molar-refractivity contribution in [1.82, 2.24) is 15.0 Å². The molecule has 144 valence electrons. The van der Waals surface area contributed by atoms with Crippen LogP contribution in [0.4, 0.5) is 4.39 Å². The number of thioether (sulfide) groups is 1.